The Bertz CT molecular complexity index is 265. The van der Waals surface area contributed by atoms with Crippen LogP contribution in [0.4, 0.5) is 0 Å². The Balaban J connectivity index is 2.72. The first-order valence-corrected chi connectivity index (χ1v) is 7.72. The van der Waals surface area contributed by atoms with Crippen LogP contribution < -0.4 is 5.73 Å². The average Bonchev–Trinajstić information content (AvgIpc) is 2.19. The summed E-state index contributed by atoms with van der Waals surface area (Å²) in [6.07, 6.45) is 0. The van der Waals surface area contributed by atoms with E-state index in [2.05, 4.69) is 0 Å². The van der Waals surface area contributed by atoms with Crippen LogP contribution >= 0.6 is 11.8 Å². The molecule has 0 bridgehead atoms. The van der Waals surface area contributed by atoms with Crippen LogP contribution in [0.15, 0.2) is 0 Å². The van der Waals surface area contributed by atoms with Gasteiger partial charge in [-0.05, 0) is 0 Å². The molecule has 14 heavy (non-hydrogen) atoms. The van der Waals surface area contributed by atoms with Crippen LogP contribution in [-0.4, -0.2) is 55.6 Å². The summed E-state index contributed by atoms with van der Waals surface area (Å²) in [5, 5.41) is -0.310. The Labute approximate surface area is 90.1 Å². The summed E-state index contributed by atoms with van der Waals surface area (Å²) in [4.78, 5) is 2.00. The van der Waals surface area contributed by atoms with Gasteiger partial charge < -0.3 is 5.73 Å². The standard InChI is InChI=1S/C8H18N2O2S2/c1-2-14(11,12)8-7-13-6-5-10(8)4-3-9/h8H,2-7,9H2,1H3. The van der Waals surface area contributed by atoms with Gasteiger partial charge in [-0.1, -0.05) is 6.92 Å². The van der Waals surface area contributed by atoms with E-state index in [1.807, 2.05) is 4.90 Å². The van der Waals surface area contributed by atoms with Gasteiger partial charge in [-0.15, -0.1) is 0 Å². The van der Waals surface area contributed by atoms with Gasteiger partial charge in [0.05, 0.1) is 0 Å². The molecule has 0 aromatic rings. The van der Waals surface area contributed by atoms with Gasteiger partial charge in [0, 0.05) is 36.9 Å². The summed E-state index contributed by atoms with van der Waals surface area (Å²) in [5.41, 5.74) is 5.46. The van der Waals surface area contributed by atoms with Gasteiger partial charge in [0.15, 0.2) is 9.84 Å². The predicted octanol–water partition coefficient (Wildman–Crippen LogP) is -0.245. The molecule has 1 heterocycles. The van der Waals surface area contributed by atoms with E-state index in [4.69, 9.17) is 5.73 Å². The predicted molar refractivity (Wildman–Crippen MR) is 61.2 cm³/mol. The number of hydrogen-bond donors (Lipinski definition) is 1. The second-order valence-corrected chi connectivity index (χ2v) is 6.90. The SMILES string of the molecule is CCS(=O)(=O)C1CSCCN1CCN. The van der Waals surface area contributed by atoms with Crippen molar-refractivity contribution in [2.24, 2.45) is 5.73 Å². The summed E-state index contributed by atoms with van der Waals surface area (Å²) in [7, 11) is -2.94. The molecule has 0 aromatic heterocycles. The fraction of sp³-hybridized carbons (Fsp3) is 1.00. The Hall–Kier alpha value is 0.220. The van der Waals surface area contributed by atoms with Crippen molar-refractivity contribution < 1.29 is 8.42 Å². The van der Waals surface area contributed by atoms with E-state index in [0.717, 1.165) is 12.3 Å². The summed E-state index contributed by atoms with van der Waals surface area (Å²) in [5.74, 6) is 1.92. The molecule has 0 spiro atoms. The molecule has 1 rings (SSSR count). The van der Waals surface area contributed by atoms with Crippen LogP contribution in [0.25, 0.3) is 0 Å². The molecule has 0 amide bonds. The molecular formula is C8H18N2O2S2. The lowest BCUT2D eigenvalue weighted by Crippen LogP contribution is -2.49. The summed E-state index contributed by atoms with van der Waals surface area (Å²) in [6.45, 7) is 3.76. The van der Waals surface area contributed by atoms with Crippen LogP contribution in [0.2, 0.25) is 0 Å². The minimum atomic E-state index is -2.94. The van der Waals surface area contributed by atoms with Crippen molar-refractivity contribution in [1.82, 2.24) is 4.90 Å². The maximum Gasteiger partial charge on any atom is 0.166 e. The first kappa shape index (κ1) is 12.3. The van der Waals surface area contributed by atoms with Crippen molar-refractivity contribution in [3.05, 3.63) is 0 Å². The van der Waals surface area contributed by atoms with Crippen LogP contribution in [0.1, 0.15) is 6.92 Å². The number of rotatable bonds is 4. The van der Waals surface area contributed by atoms with E-state index in [1.54, 1.807) is 18.7 Å². The Morgan fingerprint density at radius 2 is 2.29 bits per heavy atom. The molecule has 84 valence electrons. The quantitative estimate of drug-likeness (QED) is 0.732. The summed E-state index contributed by atoms with van der Waals surface area (Å²) < 4.78 is 23.5. The highest BCUT2D eigenvalue weighted by atomic mass is 32.2. The van der Waals surface area contributed by atoms with Crippen LogP contribution in [0.3, 0.4) is 0 Å². The van der Waals surface area contributed by atoms with Crippen LogP contribution in [-0.2, 0) is 9.84 Å². The van der Waals surface area contributed by atoms with Gasteiger partial charge in [0.1, 0.15) is 5.37 Å². The van der Waals surface area contributed by atoms with E-state index in [9.17, 15) is 8.42 Å². The van der Waals surface area contributed by atoms with E-state index < -0.39 is 9.84 Å². The summed E-state index contributed by atoms with van der Waals surface area (Å²) in [6, 6.07) is 0. The van der Waals surface area contributed by atoms with Gasteiger partial charge in [0.2, 0.25) is 0 Å². The van der Waals surface area contributed by atoms with Crippen molar-refractivity contribution in [2.45, 2.75) is 12.3 Å². The fourth-order valence-electron chi connectivity index (χ4n) is 1.56. The third-order valence-electron chi connectivity index (χ3n) is 2.42. The molecule has 2 N–H and O–H groups in total. The molecule has 0 aliphatic carbocycles. The molecule has 4 nitrogen and oxygen atoms in total. The molecule has 1 atom stereocenters. The molecule has 0 radical (unpaired) electrons. The number of sulfone groups is 1. The zero-order chi connectivity index (χ0) is 10.6. The fourth-order valence-corrected chi connectivity index (χ4v) is 4.67. The number of hydrogen-bond acceptors (Lipinski definition) is 5. The molecule has 0 aromatic carbocycles. The third-order valence-corrected chi connectivity index (χ3v) is 5.76. The number of nitrogens with two attached hydrogens (primary N) is 1. The van der Waals surface area contributed by atoms with Crippen LogP contribution in [0.5, 0.6) is 0 Å². The molecule has 1 aliphatic rings. The molecule has 1 aliphatic heterocycles. The zero-order valence-corrected chi connectivity index (χ0v) is 10.1. The molecule has 6 heteroatoms. The Morgan fingerprint density at radius 3 is 2.86 bits per heavy atom. The maximum absolute atomic E-state index is 11.7. The molecular weight excluding hydrogens is 220 g/mol. The van der Waals surface area contributed by atoms with E-state index >= 15 is 0 Å². The van der Waals surface area contributed by atoms with Crippen molar-refractivity contribution in [3.63, 3.8) is 0 Å². The maximum atomic E-state index is 11.7. The van der Waals surface area contributed by atoms with Gasteiger partial charge >= 0.3 is 0 Å². The highest BCUT2D eigenvalue weighted by Crippen LogP contribution is 2.20. The first-order chi connectivity index (χ1) is 6.61. The zero-order valence-electron chi connectivity index (χ0n) is 8.48. The van der Waals surface area contributed by atoms with Crippen molar-refractivity contribution in [3.8, 4) is 0 Å². The molecule has 1 unspecified atom stereocenters. The largest absolute Gasteiger partial charge is 0.329 e. The van der Waals surface area contributed by atoms with Gasteiger partial charge in [-0.2, -0.15) is 11.8 Å². The lowest BCUT2D eigenvalue weighted by atomic mass is 10.4. The second-order valence-electron chi connectivity index (χ2n) is 3.31. The van der Waals surface area contributed by atoms with E-state index in [1.165, 1.54) is 0 Å². The van der Waals surface area contributed by atoms with Crippen LogP contribution in [0, 0.1) is 0 Å². The van der Waals surface area contributed by atoms with Crippen molar-refractivity contribution >= 4 is 21.6 Å². The first-order valence-electron chi connectivity index (χ1n) is 4.85. The highest BCUT2D eigenvalue weighted by molar-refractivity contribution is 8.01. The summed E-state index contributed by atoms with van der Waals surface area (Å²) >= 11 is 1.71. The van der Waals surface area contributed by atoms with Gasteiger partial charge in [-0.3, -0.25) is 4.90 Å². The highest BCUT2D eigenvalue weighted by Gasteiger charge is 2.31. The topological polar surface area (TPSA) is 63.4 Å². The van der Waals surface area contributed by atoms with Crippen molar-refractivity contribution in [2.75, 3.05) is 36.9 Å². The average molecular weight is 238 g/mol. The van der Waals surface area contributed by atoms with Crippen molar-refractivity contribution in [1.29, 1.82) is 0 Å². The van der Waals surface area contributed by atoms with Gasteiger partial charge in [-0.25, -0.2) is 8.42 Å². The van der Waals surface area contributed by atoms with E-state index in [0.29, 0.717) is 18.8 Å². The Morgan fingerprint density at radius 1 is 1.57 bits per heavy atom. The number of thioether (sulfide) groups is 1. The molecule has 0 saturated carbocycles. The third kappa shape index (κ3) is 2.85. The van der Waals surface area contributed by atoms with Gasteiger partial charge in [0.25, 0.3) is 0 Å². The molecule has 1 fully saturated rings. The number of nitrogens with zero attached hydrogens (tertiary/aromatic N) is 1. The monoisotopic (exact) mass is 238 g/mol. The minimum Gasteiger partial charge on any atom is -0.329 e. The lowest BCUT2D eigenvalue weighted by Gasteiger charge is -2.34. The smallest absolute Gasteiger partial charge is 0.166 e. The second kappa shape index (κ2) is 5.34. The Kier molecular flexibility index (Phi) is 4.69. The van der Waals surface area contributed by atoms with E-state index in [-0.39, 0.29) is 11.1 Å². The lowest BCUT2D eigenvalue weighted by molar-refractivity contribution is 0.277. The normalized spacial score (nSPS) is 25.1. The minimum absolute atomic E-state index is 0.222. The molecule has 1 saturated heterocycles.